The number of rotatable bonds is 4. The number of hydrogen-bond donors (Lipinski definition) is 1. The highest BCUT2D eigenvalue weighted by Crippen LogP contribution is 2.19. The van der Waals surface area contributed by atoms with Crippen LogP contribution in [0.2, 0.25) is 0 Å². The predicted molar refractivity (Wildman–Crippen MR) is 52.1 cm³/mol. The smallest absolute Gasteiger partial charge is 0.155 e. The highest BCUT2D eigenvalue weighted by Gasteiger charge is 2.10. The fourth-order valence-electron chi connectivity index (χ4n) is 1.25. The largest absolute Gasteiger partial charge is 0.395 e. The van der Waals surface area contributed by atoms with Gasteiger partial charge < -0.3 is 10.0 Å². The van der Waals surface area contributed by atoms with Crippen molar-refractivity contribution in [2.24, 2.45) is 0 Å². The van der Waals surface area contributed by atoms with E-state index in [-0.39, 0.29) is 12.2 Å². The maximum absolute atomic E-state index is 13.1. The first-order valence-corrected chi connectivity index (χ1v) is 4.26. The van der Waals surface area contributed by atoms with E-state index in [1.165, 1.54) is 12.1 Å². The van der Waals surface area contributed by atoms with Crippen LogP contribution in [0.25, 0.3) is 0 Å². The van der Waals surface area contributed by atoms with Crippen LogP contribution in [0.15, 0.2) is 18.2 Å². The number of aliphatic hydroxyl groups excluding tert-OH is 1. The summed E-state index contributed by atoms with van der Waals surface area (Å²) < 4.78 is 13.1. The van der Waals surface area contributed by atoms with Crippen LogP contribution in [0, 0.1) is 5.82 Å². The zero-order valence-electron chi connectivity index (χ0n) is 7.90. The molecule has 1 N–H and O–H groups in total. The third-order valence-corrected chi connectivity index (χ3v) is 1.99. The van der Waals surface area contributed by atoms with Gasteiger partial charge in [0.15, 0.2) is 6.29 Å². The van der Waals surface area contributed by atoms with Crippen molar-refractivity contribution >= 4 is 12.0 Å². The molecule has 14 heavy (non-hydrogen) atoms. The van der Waals surface area contributed by atoms with E-state index in [0.29, 0.717) is 18.5 Å². The van der Waals surface area contributed by atoms with E-state index in [9.17, 15) is 9.18 Å². The van der Waals surface area contributed by atoms with Crippen LogP contribution in [0.1, 0.15) is 10.4 Å². The van der Waals surface area contributed by atoms with E-state index >= 15 is 0 Å². The lowest BCUT2D eigenvalue weighted by molar-refractivity contribution is 0.112. The molecule has 0 atom stereocenters. The Morgan fingerprint density at radius 1 is 1.57 bits per heavy atom. The van der Waals surface area contributed by atoms with Crippen molar-refractivity contribution in [1.29, 1.82) is 0 Å². The number of nitrogens with zero attached hydrogens (tertiary/aromatic N) is 1. The quantitative estimate of drug-likeness (QED) is 0.734. The molecule has 0 saturated carbocycles. The molecule has 0 unspecified atom stereocenters. The van der Waals surface area contributed by atoms with Crippen molar-refractivity contribution in [3.05, 3.63) is 29.6 Å². The molecule has 0 bridgehead atoms. The van der Waals surface area contributed by atoms with Gasteiger partial charge in [-0.15, -0.1) is 0 Å². The van der Waals surface area contributed by atoms with E-state index in [4.69, 9.17) is 5.11 Å². The van der Waals surface area contributed by atoms with E-state index in [0.717, 1.165) is 0 Å². The van der Waals surface area contributed by atoms with Crippen molar-refractivity contribution in [3.63, 3.8) is 0 Å². The molecule has 0 saturated heterocycles. The van der Waals surface area contributed by atoms with Crippen LogP contribution < -0.4 is 4.90 Å². The zero-order chi connectivity index (χ0) is 10.6. The molecule has 0 aliphatic rings. The minimum absolute atomic E-state index is 0.0310. The molecular weight excluding hydrogens is 185 g/mol. The first-order chi connectivity index (χ1) is 6.70. The summed E-state index contributed by atoms with van der Waals surface area (Å²) in [5.41, 5.74) is 0.525. The lowest BCUT2D eigenvalue weighted by Crippen LogP contribution is -2.22. The molecule has 1 aromatic rings. The molecule has 0 aliphatic carbocycles. The fraction of sp³-hybridized carbons (Fsp3) is 0.300. The van der Waals surface area contributed by atoms with Crippen molar-refractivity contribution < 1.29 is 14.3 Å². The highest BCUT2D eigenvalue weighted by atomic mass is 19.1. The van der Waals surface area contributed by atoms with Gasteiger partial charge in [-0.3, -0.25) is 4.79 Å². The van der Waals surface area contributed by atoms with E-state index in [1.807, 2.05) is 0 Å². The highest BCUT2D eigenvalue weighted by molar-refractivity contribution is 5.84. The Kier molecular flexibility index (Phi) is 3.59. The lowest BCUT2D eigenvalue weighted by Gasteiger charge is -2.19. The summed E-state index contributed by atoms with van der Waals surface area (Å²) in [6.45, 7) is 0.329. The number of carbonyl (C=O) groups is 1. The Balaban J connectivity index is 3.06. The second-order valence-electron chi connectivity index (χ2n) is 2.94. The molecule has 0 amide bonds. The van der Waals surface area contributed by atoms with Crippen LogP contribution in [-0.2, 0) is 0 Å². The van der Waals surface area contributed by atoms with Gasteiger partial charge in [0.05, 0.1) is 17.9 Å². The Hall–Kier alpha value is -1.42. The molecule has 4 heteroatoms. The molecule has 76 valence electrons. The molecule has 1 rings (SSSR count). The molecular formula is C10H12FNO2. The Morgan fingerprint density at radius 2 is 2.29 bits per heavy atom. The fourth-order valence-corrected chi connectivity index (χ4v) is 1.25. The van der Waals surface area contributed by atoms with Crippen LogP contribution in [-0.4, -0.2) is 31.6 Å². The number of carbonyl (C=O) groups excluding carboxylic acids is 1. The van der Waals surface area contributed by atoms with E-state index in [2.05, 4.69) is 0 Å². The minimum Gasteiger partial charge on any atom is -0.395 e. The van der Waals surface area contributed by atoms with Crippen molar-refractivity contribution in [3.8, 4) is 0 Å². The summed E-state index contributed by atoms with van der Waals surface area (Å²) in [6.07, 6.45) is 0.485. The number of anilines is 1. The van der Waals surface area contributed by atoms with Gasteiger partial charge in [-0.1, -0.05) is 6.07 Å². The number of benzene rings is 1. The summed E-state index contributed by atoms with van der Waals surface area (Å²) >= 11 is 0. The number of aliphatic hydroxyl groups is 1. The van der Waals surface area contributed by atoms with E-state index in [1.54, 1.807) is 18.0 Å². The van der Waals surface area contributed by atoms with Crippen LogP contribution in [0.4, 0.5) is 10.1 Å². The number of halogens is 1. The Labute approximate surface area is 81.8 Å². The maximum atomic E-state index is 13.1. The van der Waals surface area contributed by atoms with Crippen LogP contribution in [0.3, 0.4) is 0 Å². The average Bonchev–Trinajstić information content (AvgIpc) is 2.17. The molecule has 0 fully saturated rings. The third-order valence-electron chi connectivity index (χ3n) is 1.99. The summed E-state index contributed by atoms with van der Waals surface area (Å²) in [4.78, 5) is 12.3. The van der Waals surface area contributed by atoms with Crippen molar-refractivity contribution in [2.45, 2.75) is 0 Å². The Bertz CT molecular complexity index is 328. The molecule has 1 aromatic carbocycles. The van der Waals surface area contributed by atoms with Gasteiger partial charge in [-0.05, 0) is 12.1 Å². The first-order valence-electron chi connectivity index (χ1n) is 4.26. The molecule has 3 nitrogen and oxygen atoms in total. The molecule has 0 heterocycles. The molecule has 0 spiro atoms. The number of aldehydes is 1. The van der Waals surface area contributed by atoms with E-state index < -0.39 is 5.82 Å². The Morgan fingerprint density at radius 3 is 2.86 bits per heavy atom. The van der Waals surface area contributed by atoms with Crippen molar-refractivity contribution in [2.75, 3.05) is 25.1 Å². The second kappa shape index (κ2) is 4.72. The van der Waals surface area contributed by atoms with Gasteiger partial charge in [-0.25, -0.2) is 4.39 Å². The van der Waals surface area contributed by atoms with Gasteiger partial charge in [-0.2, -0.15) is 0 Å². The molecule has 0 aliphatic heterocycles. The normalized spacial score (nSPS) is 9.93. The minimum atomic E-state index is -0.540. The standard InChI is InChI=1S/C10H12FNO2/c1-12(5-6-13)10-4-2-3-9(11)8(10)7-14/h2-4,7,13H,5-6H2,1H3. The van der Waals surface area contributed by atoms with Crippen LogP contribution >= 0.6 is 0 Å². The van der Waals surface area contributed by atoms with Crippen molar-refractivity contribution in [1.82, 2.24) is 0 Å². The summed E-state index contributed by atoms with van der Waals surface area (Å²) in [5, 5.41) is 8.71. The van der Waals surface area contributed by atoms with Gasteiger partial charge in [0.25, 0.3) is 0 Å². The maximum Gasteiger partial charge on any atom is 0.155 e. The summed E-state index contributed by atoms with van der Waals surface area (Å²) in [7, 11) is 1.69. The topological polar surface area (TPSA) is 40.5 Å². The van der Waals surface area contributed by atoms with Crippen LogP contribution in [0.5, 0.6) is 0 Å². The summed E-state index contributed by atoms with van der Waals surface area (Å²) in [6, 6.07) is 4.41. The number of likely N-dealkylation sites (N-methyl/N-ethyl adjacent to an activating group) is 1. The first kappa shape index (κ1) is 10.7. The molecule has 0 aromatic heterocycles. The van der Waals surface area contributed by atoms with Gasteiger partial charge >= 0.3 is 0 Å². The second-order valence-corrected chi connectivity index (χ2v) is 2.94. The van der Waals surface area contributed by atoms with Gasteiger partial charge in [0.2, 0.25) is 0 Å². The monoisotopic (exact) mass is 197 g/mol. The van der Waals surface area contributed by atoms with Gasteiger partial charge in [0.1, 0.15) is 5.82 Å². The lowest BCUT2D eigenvalue weighted by atomic mass is 10.1. The average molecular weight is 197 g/mol. The third kappa shape index (κ3) is 2.09. The summed E-state index contributed by atoms with van der Waals surface area (Å²) in [5.74, 6) is -0.540. The number of hydrogen-bond acceptors (Lipinski definition) is 3. The van der Waals surface area contributed by atoms with Gasteiger partial charge in [0, 0.05) is 13.6 Å². The molecule has 0 radical (unpaired) electrons. The SMILES string of the molecule is CN(CCO)c1cccc(F)c1C=O. The predicted octanol–water partition coefficient (Wildman–Crippen LogP) is 1.07. The zero-order valence-corrected chi connectivity index (χ0v) is 7.90.